The Kier molecular flexibility index (Phi) is 2.83. The van der Waals surface area contributed by atoms with Gasteiger partial charge in [0.25, 0.3) is 0 Å². The fourth-order valence-corrected chi connectivity index (χ4v) is 2.33. The summed E-state index contributed by atoms with van der Waals surface area (Å²) in [7, 11) is 1.03. The zero-order valence-corrected chi connectivity index (χ0v) is 9.59. The van der Waals surface area contributed by atoms with Gasteiger partial charge in [-0.3, -0.25) is 0 Å². The molecule has 0 amide bonds. The second-order valence-electron chi connectivity index (χ2n) is 2.09. The van der Waals surface area contributed by atoms with Gasteiger partial charge < -0.3 is 0 Å². The van der Waals surface area contributed by atoms with Crippen molar-refractivity contribution in [2.24, 2.45) is 0 Å². The summed E-state index contributed by atoms with van der Waals surface area (Å²) >= 11 is 7.71. The summed E-state index contributed by atoms with van der Waals surface area (Å²) in [6.07, 6.45) is 2.04. The van der Waals surface area contributed by atoms with Crippen molar-refractivity contribution in [2.75, 3.05) is 6.26 Å². The molecule has 0 heterocycles. The number of thioether (sulfide) groups is 1. The quantitative estimate of drug-likeness (QED) is 0.469. The maximum atomic E-state index is 6.01. The summed E-state index contributed by atoms with van der Waals surface area (Å²) in [5.41, 5.74) is 0. The number of benzene rings is 1. The van der Waals surface area contributed by atoms with Gasteiger partial charge in [0.05, 0.1) is 5.02 Å². The highest BCUT2D eigenvalue weighted by Crippen LogP contribution is 2.21. The lowest BCUT2D eigenvalue weighted by molar-refractivity contribution is 1.50. The Balaban J connectivity index is 3.14. The zero-order valence-electron chi connectivity index (χ0n) is 6.02. The molecule has 0 nitrogen and oxygen atoms in total. The van der Waals surface area contributed by atoms with E-state index in [1.165, 1.54) is 10.1 Å². The Bertz CT molecular complexity index is 237. The van der Waals surface area contributed by atoms with Crippen LogP contribution < -0.4 is 5.19 Å². The molecule has 0 saturated heterocycles. The molecule has 0 bridgehead atoms. The van der Waals surface area contributed by atoms with E-state index in [2.05, 4.69) is 18.2 Å². The molecule has 1 aromatic carbocycles. The first-order valence-electron chi connectivity index (χ1n) is 3.05. The minimum Gasteiger partial charge on any atom is -0.128 e. The summed E-state index contributed by atoms with van der Waals surface area (Å²) < 4.78 is 0. The van der Waals surface area contributed by atoms with Crippen molar-refractivity contribution in [3.8, 4) is 0 Å². The highest BCUT2D eigenvalue weighted by Gasteiger charge is 1.98. The summed E-state index contributed by atoms with van der Waals surface area (Å²) in [4.78, 5) is 1.19. The fraction of sp³-hybridized carbons (Fsp3) is 0.143. The van der Waals surface area contributed by atoms with Crippen LogP contribution in [0.1, 0.15) is 0 Å². The van der Waals surface area contributed by atoms with E-state index in [4.69, 9.17) is 11.6 Å². The van der Waals surface area contributed by atoms with Crippen LogP contribution >= 0.6 is 23.4 Å². The molecule has 0 spiro atoms. The van der Waals surface area contributed by atoms with Gasteiger partial charge in [-0.1, -0.05) is 28.9 Å². The highest BCUT2D eigenvalue weighted by atomic mass is 35.5. The van der Waals surface area contributed by atoms with E-state index >= 15 is 0 Å². The molecule has 1 rings (SSSR count). The molecule has 0 fully saturated rings. The summed E-state index contributed by atoms with van der Waals surface area (Å²) in [6.45, 7) is 0. The van der Waals surface area contributed by atoms with E-state index in [0.717, 1.165) is 15.3 Å². The molecule has 3 heteroatoms. The fourth-order valence-electron chi connectivity index (χ4n) is 0.778. The maximum absolute atomic E-state index is 6.01. The molecular formula is C7H9ClSSi. The second kappa shape index (κ2) is 3.46. The second-order valence-corrected chi connectivity index (χ2v) is 4.39. The number of rotatable bonds is 1. The molecule has 0 radical (unpaired) electrons. The molecule has 1 aromatic rings. The Morgan fingerprint density at radius 1 is 1.50 bits per heavy atom. The highest BCUT2D eigenvalue weighted by molar-refractivity contribution is 7.98. The van der Waals surface area contributed by atoms with Crippen LogP contribution in [0.5, 0.6) is 0 Å². The van der Waals surface area contributed by atoms with E-state index in [1.807, 2.05) is 6.26 Å². The van der Waals surface area contributed by atoms with Crippen LogP contribution in [-0.4, -0.2) is 16.5 Å². The van der Waals surface area contributed by atoms with Crippen LogP contribution in [0.4, 0.5) is 0 Å². The van der Waals surface area contributed by atoms with Crippen molar-refractivity contribution in [2.45, 2.75) is 4.90 Å². The molecule has 0 unspecified atom stereocenters. The molecule has 0 aliphatic rings. The van der Waals surface area contributed by atoms with Gasteiger partial charge in [-0.25, -0.2) is 0 Å². The first kappa shape index (κ1) is 8.18. The summed E-state index contributed by atoms with van der Waals surface area (Å²) in [5.74, 6) is 0. The van der Waals surface area contributed by atoms with Gasteiger partial charge in [0, 0.05) is 15.1 Å². The largest absolute Gasteiger partial charge is 0.128 e. The van der Waals surface area contributed by atoms with E-state index in [0.29, 0.717) is 0 Å². The zero-order chi connectivity index (χ0) is 7.56. The first-order chi connectivity index (χ1) is 4.75. The minimum absolute atomic E-state index is 0.946. The summed E-state index contributed by atoms with van der Waals surface area (Å²) in [6, 6.07) is 6.18. The van der Waals surface area contributed by atoms with Crippen molar-refractivity contribution < 1.29 is 0 Å². The van der Waals surface area contributed by atoms with Crippen LogP contribution in [0.2, 0.25) is 5.02 Å². The average molecular weight is 189 g/mol. The van der Waals surface area contributed by atoms with Gasteiger partial charge in [0.1, 0.15) is 0 Å². The van der Waals surface area contributed by atoms with Gasteiger partial charge >= 0.3 is 0 Å². The van der Waals surface area contributed by atoms with Gasteiger partial charge in [0.15, 0.2) is 0 Å². The van der Waals surface area contributed by atoms with Crippen molar-refractivity contribution in [3.63, 3.8) is 0 Å². The Morgan fingerprint density at radius 3 is 2.70 bits per heavy atom. The number of halogens is 1. The molecule has 0 N–H and O–H groups in total. The predicted octanol–water partition coefficient (Wildman–Crippen LogP) is 1.05. The van der Waals surface area contributed by atoms with E-state index in [9.17, 15) is 0 Å². The van der Waals surface area contributed by atoms with E-state index in [-0.39, 0.29) is 0 Å². The molecule has 0 atom stereocenters. The topological polar surface area (TPSA) is 0 Å². The lowest BCUT2D eigenvalue weighted by Crippen LogP contribution is -2.03. The molecule has 0 aliphatic carbocycles. The normalized spacial score (nSPS) is 10.2. The third-order valence-corrected chi connectivity index (χ3v) is 3.92. The van der Waals surface area contributed by atoms with Crippen LogP contribution in [0, 0.1) is 0 Å². The molecular weight excluding hydrogens is 180 g/mol. The SMILES string of the molecule is CSc1cccc([SiH3])c1Cl. The van der Waals surface area contributed by atoms with Gasteiger partial charge in [-0.05, 0) is 12.3 Å². The maximum Gasteiger partial charge on any atom is 0.0523 e. The van der Waals surface area contributed by atoms with Gasteiger partial charge in [0.2, 0.25) is 0 Å². The Morgan fingerprint density at radius 2 is 2.20 bits per heavy atom. The van der Waals surface area contributed by atoms with Crippen LogP contribution in [0.25, 0.3) is 0 Å². The van der Waals surface area contributed by atoms with Crippen LogP contribution in [0.3, 0.4) is 0 Å². The predicted molar refractivity (Wildman–Crippen MR) is 52.8 cm³/mol. The van der Waals surface area contributed by atoms with Crippen LogP contribution in [-0.2, 0) is 0 Å². The molecule has 10 heavy (non-hydrogen) atoms. The van der Waals surface area contributed by atoms with Crippen molar-refractivity contribution in [3.05, 3.63) is 23.2 Å². The van der Waals surface area contributed by atoms with E-state index < -0.39 is 0 Å². The standard InChI is InChI=1S/C7H9ClSSi/c1-9-5-3-2-4-6(10)7(5)8/h2-4H,1,10H3. The smallest absolute Gasteiger partial charge is 0.0523 e. The number of hydrogen-bond acceptors (Lipinski definition) is 1. The molecule has 0 saturated carbocycles. The van der Waals surface area contributed by atoms with Gasteiger partial charge in [-0.2, -0.15) is 0 Å². The van der Waals surface area contributed by atoms with Crippen molar-refractivity contribution >= 4 is 38.8 Å². The molecule has 0 aromatic heterocycles. The van der Waals surface area contributed by atoms with Crippen LogP contribution in [0.15, 0.2) is 23.1 Å². The third-order valence-electron chi connectivity index (χ3n) is 1.38. The third kappa shape index (κ3) is 1.57. The Labute approximate surface area is 73.4 Å². The average Bonchev–Trinajstić information content (AvgIpc) is 1.95. The molecule has 0 aliphatic heterocycles. The lowest BCUT2D eigenvalue weighted by atomic mass is 10.4. The van der Waals surface area contributed by atoms with E-state index in [1.54, 1.807) is 11.8 Å². The lowest BCUT2D eigenvalue weighted by Gasteiger charge is -2.01. The van der Waals surface area contributed by atoms with Crippen molar-refractivity contribution in [1.82, 2.24) is 0 Å². The molecule has 54 valence electrons. The first-order valence-corrected chi connectivity index (χ1v) is 5.65. The minimum atomic E-state index is 0.946. The van der Waals surface area contributed by atoms with Gasteiger partial charge in [-0.15, -0.1) is 11.8 Å². The summed E-state index contributed by atoms with van der Waals surface area (Å²) in [5, 5.41) is 2.23. The monoisotopic (exact) mass is 188 g/mol. The number of hydrogen-bond donors (Lipinski definition) is 0. The van der Waals surface area contributed by atoms with Crippen molar-refractivity contribution in [1.29, 1.82) is 0 Å². The Hall–Kier alpha value is 0.0769.